The van der Waals surface area contributed by atoms with E-state index >= 15 is 0 Å². The van der Waals surface area contributed by atoms with Gasteiger partial charge in [0.15, 0.2) is 14.8 Å². The molecule has 0 aromatic carbocycles. The molecule has 4 atom stereocenters. The van der Waals surface area contributed by atoms with Gasteiger partial charge in [0.2, 0.25) is 0 Å². The second-order valence-electron chi connectivity index (χ2n) is 13.0. The van der Waals surface area contributed by atoms with Crippen molar-refractivity contribution in [2.24, 2.45) is 23.2 Å². The van der Waals surface area contributed by atoms with E-state index in [4.69, 9.17) is 9.16 Å². The highest BCUT2D eigenvalue weighted by Crippen LogP contribution is 2.49. The number of allylic oxidation sites excluding steroid dienone is 3. The minimum Gasteiger partial charge on any atom is -0.469 e. The molecule has 0 heterocycles. The van der Waals surface area contributed by atoms with Gasteiger partial charge in [-0.05, 0) is 62.3 Å². The Kier molecular flexibility index (Phi) is 15.8. The number of methoxy groups -OCH3 is 2. The average molecular weight is 635 g/mol. The highest BCUT2D eigenvalue weighted by Gasteiger charge is 2.49. The van der Waals surface area contributed by atoms with Crippen LogP contribution in [0.4, 0.5) is 0 Å². The Morgan fingerprint density at radius 1 is 1.07 bits per heavy atom. The van der Waals surface area contributed by atoms with Gasteiger partial charge < -0.3 is 19.0 Å². The van der Waals surface area contributed by atoms with Gasteiger partial charge in [0.1, 0.15) is 6.10 Å². The molecule has 0 aromatic rings. The molecular weight excluding hydrogens is 581 g/mol. The number of hydrogen-bond acceptors (Lipinski definition) is 8. The van der Waals surface area contributed by atoms with E-state index in [-0.39, 0.29) is 35.5 Å². The number of carbonyl (C=O) groups is 3. The van der Waals surface area contributed by atoms with Crippen molar-refractivity contribution in [2.45, 2.75) is 116 Å². The minimum atomic E-state index is -1.42. The molecule has 0 radical (unpaired) electrons. The fraction of sp³-hybridized carbons (Fsp3) is 0.735. The van der Waals surface area contributed by atoms with Crippen molar-refractivity contribution in [3.05, 3.63) is 23.1 Å². The van der Waals surface area contributed by atoms with Gasteiger partial charge in [-0.15, -0.1) is 17.7 Å². The molecule has 0 saturated heterocycles. The van der Waals surface area contributed by atoms with Gasteiger partial charge in [-0.1, -0.05) is 64.2 Å². The Bertz CT molecular complexity index is 1050. The van der Waals surface area contributed by atoms with Crippen molar-refractivity contribution in [1.82, 2.24) is 0 Å². The highest BCUT2D eigenvalue weighted by molar-refractivity contribution is 8.04. The van der Waals surface area contributed by atoms with E-state index in [1.165, 1.54) is 38.8 Å². The van der Waals surface area contributed by atoms with Crippen LogP contribution in [-0.4, -0.2) is 63.5 Å². The lowest BCUT2D eigenvalue weighted by Crippen LogP contribution is -2.51. The Labute approximate surface area is 265 Å². The van der Waals surface area contributed by atoms with Crippen LogP contribution in [0.25, 0.3) is 0 Å². The topological polar surface area (TPSA) is 99.1 Å². The number of carbonyl (C=O) groups excluding carboxylic acids is 3. The number of ether oxygens (including phenoxy) is 2. The quantitative estimate of drug-likeness (QED) is 0.0686. The predicted molar refractivity (Wildman–Crippen MR) is 176 cm³/mol. The Balaban J connectivity index is 2.29. The fourth-order valence-corrected chi connectivity index (χ4v) is 8.68. The molecule has 0 aromatic heterocycles. The molecule has 0 bridgehead atoms. The maximum atomic E-state index is 13.7. The second-order valence-corrected chi connectivity index (χ2v) is 16.4. The summed E-state index contributed by atoms with van der Waals surface area (Å²) in [6.07, 6.45) is 14.0. The summed E-state index contributed by atoms with van der Waals surface area (Å²) in [4.78, 5) is 37.1. The molecule has 43 heavy (non-hydrogen) atoms. The summed E-state index contributed by atoms with van der Waals surface area (Å²) in [6, 6.07) is 0. The van der Waals surface area contributed by atoms with Gasteiger partial charge in [0.25, 0.3) is 0 Å². The van der Waals surface area contributed by atoms with Gasteiger partial charge >= 0.3 is 11.9 Å². The number of rotatable bonds is 16. The Morgan fingerprint density at radius 2 is 1.70 bits per heavy atom. The molecule has 0 amide bonds. The first-order valence-electron chi connectivity index (χ1n) is 15.9. The lowest BCUT2D eigenvalue weighted by atomic mass is 9.67. The summed E-state index contributed by atoms with van der Waals surface area (Å²) >= 11 is 1.52. The van der Waals surface area contributed by atoms with Crippen LogP contribution in [0.15, 0.2) is 23.1 Å². The van der Waals surface area contributed by atoms with Gasteiger partial charge in [-0.3, -0.25) is 14.4 Å². The predicted octanol–water partition coefficient (Wildman–Crippen LogP) is 6.39. The van der Waals surface area contributed by atoms with E-state index in [0.717, 1.165) is 37.9 Å². The zero-order valence-electron chi connectivity index (χ0n) is 27.4. The summed E-state index contributed by atoms with van der Waals surface area (Å²) in [5.41, 5.74) is -0.581. The van der Waals surface area contributed by atoms with E-state index in [1.807, 2.05) is 6.08 Å². The standard InChI is InChI=1S/C34H54O7SSi/c1-33(2,3)34(41-43(6)7,26-16-13-14-17-26)22-21-25-24-28(42-23-15-9-12-20-30(37)40-5)32(38)31(25)27(35)18-10-8-11-19-29(36)39-4/h21-22,24-27,31,35,43H,8-9,11-17,19-20,23H2,1-7H3. The molecule has 1 N–H and O–H groups in total. The number of hydrogen-bond donors (Lipinski definition) is 1. The fourth-order valence-electron chi connectivity index (χ4n) is 6.18. The molecule has 1 fully saturated rings. The van der Waals surface area contributed by atoms with Gasteiger partial charge in [0.05, 0.1) is 25.7 Å². The lowest BCUT2D eigenvalue weighted by molar-refractivity contribution is -0.141. The van der Waals surface area contributed by atoms with Gasteiger partial charge in [-0.25, -0.2) is 0 Å². The van der Waals surface area contributed by atoms with Crippen LogP contribution in [0.5, 0.6) is 0 Å². The van der Waals surface area contributed by atoms with Gasteiger partial charge in [-0.2, -0.15) is 0 Å². The molecule has 242 valence electrons. The molecule has 0 aliphatic heterocycles. The first-order chi connectivity index (χ1) is 20.4. The SMILES string of the molecule is COC(=O)CCCC#CC(O)C1C(=O)C(SCCCCCC(=O)OC)=CC1C=CC(O[SiH](C)C)(C1CCCC1)C(C)(C)C. The second kappa shape index (κ2) is 18.2. The number of Topliss-reactive ketones (excluding diaryl/α,β-unsaturated/α-hetero) is 1. The maximum Gasteiger partial charge on any atom is 0.305 e. The van der Waals surface area contributed by atoms with Crippen LogP contribution in [0, 0.1) is 35.0 Å². The van der Waals surface area contributed by atoms with Crippen molar-refractivity contribution >= 4 is 38.5 Å². The highest BCUT2D eigenvalue weighted by atomic mass is 32.2. The smallest absolute Gasteiger partial charge is 0.305 e. The zero-order chi connectivity index (χ0) is 32.0. The normalized spacial score (nSPS) is 21.4. The van der Waals surface area contributed by atoms with Crippen molar-refractivity contribution in [1.29, 1.82) is 0 Å². The van der Waals surface area contributed by atoms with Crippen LogP contribution >= 0.6 is 11.8 Å². The third kappa shape index (κ3) is 11.2. The van der Waals surface area contributed by atoms with Crippen molar-refractivity contribution < 1.29 is 33.4 Å². The Morgan fingerprint density at radius 3 is 2.28 bits per heavy atom. The summed E-state index contributed by atoms with van der Waals surface area (Å²) in [6.45, 7) is 11.2. The number of unbranched alkanes of at least 4 members (excludes halogenated alkanes) is 3. The van der Waals surface area contributed by atoms with E-state index < -0.39 is 26.7 Å². The van der Waals surface area contributed by atoms with E-state index in [9.17, 15) is 19.5 Å². The average Bonchev–Trinajstić information content (AvgIpc) is 3.60. The number of aliphatic hydroxyl groups excluding tert-OH is 1. The largest absolute Gasteiger partial charge is 0.469 e. The van der Waals surface area contributed by atoms with Crippen LogP contribution < -0.4 is 0 Å². The molecule has 1 saturated carbocycles. The van der Waals surface area contributed by atoms with E-state index in [0.29, 0.717) is 30.1 Å². The first kappa shape index (κ1) is 37.3. The summed E-state index contributed by atoms with van der Waals surface area (Å²) in [7, 11) is 1.34. The van der Waals surface area contributed by atoms with Crippen LogP contribution in [0.3, 0.4) is 0 Å². The third-order valence-electron chi connectivity index (χ3n) is 8.45. The molecule has 0 spiro atoms. The molecule has 2 aliphatic rings. The van der Waals surface area contributed by atoms with Crippen LogP contribution in [0.2, 0.25) is 13.1 Å². The zero-order valence-corrected chi connectivity index (χ0v) is 29.4. The number of esters is 2. The third-order valence-corrected chi connectivity index (χ3v) is 10.4. The number of thioether (sulfide) groups is 1. The van der Waals surface area contributed by atoms with E-state index in [2.05, 4.69) is 62.6 Å². The Hall–Kier alpha value is -1.86. The van der Waals surface area contributed by atoms with Gasteiger partial charge in [0, 0.05) is 30.1 Å². The van der Waals surface area contributed by atoms with Crippen molar-refractivity contribution in [3.8, 4) is 11.8 Å². The maximum absolute atomic E-state index is 13.7. The van der Waals surface area contributed by atoms with Crippen LogP contribution in [0.1, 0.15) is 91.4 Å². The first-order valence-corrected chi connectivity index (χ1v) is 19.7. The number of ketones is 1. The monoisotopic (exact) mass is 634 g/mol. The minimum absolute atomic E-state index is 0.0769. The molecule has 2 rings (SSSR count). The van der Waals surface area contributed by atoms with Crippen molar-refractivity contribution in [2.75, 3.05) is 20.0 Å². The lowest BCUT2D eigenvalue weighted by Gasteiger charge is -2.49. The molecule has 2 aliphatic carbocycles. The van der Waals surface area contributed by atoms with E-state index in [1.54, 1.807) is 0 Å². The summed E-state index contributed by atoms with van der Waals surface area (Å²) < 4.78 is 16.3. The number of aliphatic hydroxyl groups is 1. The molecule has 7 nitrogen and oxygen atoms in total. The molecular formula is C34H54O7SSi. The summed E-state index contributed by atoms with van der Waals surface area (Å²) in [5, 5.41) is 11.2. The van der Waals surface area contributed by atoms with Crippen molar-refractivity contribution in [3.63, 3.8) is 0 Å². The van der Waals surface area contributed by atoms with Crippen LogP contribution in [-0.2, 0) is 28.3 Å². The summed E-state index contributed by atoms with van der Waals surface area (Å²) in [5.74, 6) is 5.49. The molecule has 4 unspecified atom stereocenters. The molecule has 9 heteroatoms.